The second kappa shape index (κ2) is 10.7. The fourth-order valence-electron chi connectivity index (χ4n) is 3.43. The van der Waals surface area contributed by atoms with Crippen LogP contribution in [0.5, 0.6) is 5.75 Å². The monoisotopic (exact) mass is 461 g/mol. The Hall–Kier alpha value is -2.49. The summed E-state index contributed by atoms with van der Waals surface area (Å²) in [6.45, 7) is 2.44. The number of anilines is 1. The molecule has 3 rings (SSSR count). The van der Waals surface area contributed by atoms with Crippen molar-refractivity contribution in [1.29, 1.82) is 0 Å². The van der Waals surface area contributed by atoms with Gasteiger partial charge in [-0.2, -0.15) is 0 Å². The summed E-state index contributed by atoms with van der Waals surface area (Å²) in [6, 6.07) is 13.0. The van der Waals surface area contributed by atoms with Gasteiger partial charge in [-0.05, 0) is 80.5 Å². The molecule has 2 aromatic rings. The molecule has 1 aliphatic carbocycles. The number of hydrogen-bond acceptors (Lipinski definition) is 5. The van der Waals surface area contributed by atoms with E-state index in [0.717, 1.165) is 32.1 Å². The molecule has 0 aromatic heterocycles. The third kappa shape index (κ3) is 6.75. The summed E-state index contributed by atoms with van der Waals surface area (Å²) in [5, 5.41) is 5.62. The van der Waals surface area contributed by atoms with Gasteiger partial charge in [0.25, 0.3) is 5.91 Å². The van der Waals surface area contributed by atoms with Gasteiger partial charge in [-0.3, -0.25) is 10.1 Å². The van der Waals surface area contributed by atoms with Crippen LogP contribution in [0, 0.1) is 0 Å². The summed E-state index contributed by atoms with van der Waals surface area (Å²) in [5.41, 5.74) is 1.02. The molecule has 7 nitrogen and oxygen atoms in total. The Labute approximate surface area is 188 Å². The van der Waals surface area contributed by atoms with Gasteiger partial charge in [0.15, 0.2) is 5.11 Å². The molecule has 0 saturated heterocycles. The molecule has 0 radical (unpaired) electrons. The van der Waals surface area contributed by atoms with E-state index in [1.54, 1.807) is 36.4 Å². The number of carbonyl (C=O) groups is 1. The van der Waals surface area contributed by atoms with Crippen LogP contribution >= 0.6 is 12.2 Å². The van der Waals surface area contributed by atoms with Crippen molar-refractivity contribution in [2.75, 3.05) is 11.9 Å². The van der Waals surface area contributed by atoms with E-state index in [4.69, 9.17) is 17.0 Å². The normalized spacial score (nSPS) is 14.6. The molecule has 0 aliphatic heterocycles. The van der Waals surface area contributed by atoms with E-state index in [1.165, 1.54) is 12.1 Å². The molecule has 0 spiro atoms. The Morgan fingerprint density at radius 1 is 1.03 bits per heavy atom. The number of benzene rings is 2. The summed E-state index contributed by atoms with van der Waals surface area (Å²) in [5.74, 6) is 0.337. The van der Waals surface area contributed by atoms with Crippen LogP contribution in [0.3, 0.4) is 0 Å². The van der Waals surface area contributed by atoms with Crippen molar-refractivity contribution < 1.29 is 17.9 Å². The molecular weight excluding hydrogens is 434 g/mol. The van der Waals surface area contributed by atoms with Crippen molar-refractivity contribution in [2.45, 2.75) is 50.0 Å². The molecule has 166 valence electrons. The lowest BCUT2D eigenvalue weighted by atomic mass is 9.96. The lowest BCUT2D eigenvalue weighted by molar-refractivity contribution is 0.0977. The first-order valence-corrected chi connectivity index (χ1v) is 12.2. The number of carbonyl (C=O) groups excluding carboxylic acids is 1. The molecule has 2 aromatic carbocycles. The van der Waals surface area contributed by atoms with Crippen LogP contribution in [0.15, 0.2) is 53.4 Å². The van der Waals surface area contributed by atoms with Gasteiger partial charge < -0.3 is 10.1 Å². The molecular formula is C22H27N3O4S2. The van der Waals surface area contributed by atoms with Crippen LogP contribution in [-0.4, -0.2) is 32.1 Å². The topological polar surface area (TPSA) is 96.5 Å². The van der Waals surface area contributed by atoms with Crippen LogP contribution < -0.4 is 20.1 Å². The Morgan fingerprint density at radius 3 is 2.29 bits per heavy atom. The van der Waals surface area contributed by atoms with Crippen LogP contribution in [0.1, 0.15) is 49.4 Å². The minimum absolute atomic E-state index is 0.00180. The molecule has 0 unspecified atom stereocenters. The zero-order chi connectivity index (χ0) is 22.3. The first kappa shape index (κ1) is 23.2. The highest BCUT2D eigenvalue weighted by Crippen LogP contribution is 2.21. The lowest BCUT2D eigenvalue weighted by Gasteiger charge is -2.22. The standard InChI is InChI=1S/C22H27N3O4S2/c1-2-29-19-12-8-16(9-13-19)21(26)24-22(30)23-17-10-14-20(15-11-17)31(27,28)25-18-6-4-3-5-7-18/h8-15,18,25H,2-7H2,1H3,(H2,23,24,26,30). The average molecular weight is 462 g/mol. The van der Waals surface area contributed by atoms with Crippen LogP contribution in [0.25, 0.3) is 0 Å². The van der Waals surface area contributed by atoms with E-state index >= 15 is 0 Å². The second-order valence-corrected chi connectivity index (χ2v) is 9.47. The molecule has 0 heterocycles. The lowest BCUT2D eigenvalue weighted by Crippen LogP contribution is -2.36. The first-order chi connectivity index (χ1) is 14.9. The zero-order valence-electron chi connectivity index (χ0n) is 17.4. The first-order valence-electron chi connectivity index (χ1n) is 10.3. The molecule has 31 heavy (non-hydrogen) atoms. The molecule has 1 fully saturated rings. The van der Waals surface area contributed by atoms with Gasteiger partial charge in [0.2, 0.25) is 10.0 Å². The number of rotatable bonds is 7. The van der Waals surface area contributed by atoms with Crippen LogP contribution in [0.2, 0.25) is 0 Å². The summed E-state index contributed by atoms with van der Waals surface area (Å²) in [6.07, 6.45) is 5.02. The van der Waals surface area contributed by atoms with Crippen molar-refractivity contribution in [3.8, 4) is 5.75 Å². The third-order valence-electron chi connectivity index (χ3n) is 5.00. The molecule has 9 heteroatoms. The van der Waals surface area contributed by atoms with Gasteiger partial charge in [-0.25, -0.2) is 13.1 Å². The predicted octanol–water partition coefficient (Wildman–Crippen LogP) is 3.82. The van der Waals surface area contributed by atoms with Gasteiger partial charge >= 0.3 is 0 Å². The van der Waals surface area contributed by atoms with E-state index in [0.29, 0.717) is 23.6 Å². The van der Waals surface area contributed by atoms with Crippen LogP contribution in [0.4, 0.5) is 5.69 Å². The minimum Gasteiger partial charge on any atom is -0.494 e. The fourth-order valence-corrected chi connectivity index (χ4v) is 4.95. The van der Waals surface area contributed by atoms with E-state index in [2.05, 4.69) is 15.4 Å². The molecule has 1 aliphatic rings. The van der Waals surface area contributed by atoms with Gasteiger partial charge in [0.1, 0.15) is 5.75 Å². The van der Waals surface area contributed by atoms with E-state index in [9.17, 15) is 13.2 Å². The van der Waals surface area contributed by atoms with E-state index in [1.807, 2.05) is 6.92 Å². The van der Waals surface area contributed by atoms with Gasteiger partial charge in [0.05, 0.1) is 11.5 Å². The average Bonchev–Trinajstić information content (AvgIpc) is 2.75. The SMILES string of the molecule is CCOc1ccc(C(=O)NC(=S)Nc2ccc(S(=O)(=O)NC3CCCCC3)cc2)cc1. The van der Waals surface area contributed by atoms with Gasteiger partial charge in [-0.15, -0.1) is 0 Å². The summed E-state index contributed by atoms with van der Waals surface area (Å²) >= 11 is 5.20. The van der Waals surface area contributed by atoms with Crippen LogP contribution in [-0.2, 0) is 10.0 Å². The minimum atomic E-state index is -3.56. The zero-order valence-corrected chi connectivity index (χ0v) is 19.0. The van der Waals surface area contributed by atoms with Crippen molar-refractivity contribution >= 4 is 38.9 Å². The maximum absolute atomic E-state index is 12.6. The Morgan fingerprint density at radius 2 is 1.68 bits per heavy atom. The molecule has 3 N–H and O–H groups in total. The largest absolute Gasteiger partial charge is 0.494 e. The maximum atomic E-state index is 12.6. The third-order valence-corrected chi connectivity index (χ3v) is 6.74. The number of nitrogens with one attached hydrogen (secondary N) is 3. The highest BCUT2D eigenvalue weighted by Gasteiger charge is 2.21. The Bertz CT molecular complexity index is 1000. The fraction of sp³-hybridized carbons (Fsp3) is 0.364. The van der Waals surface area contributed by atoms with Crippen molar-refractivity contribution in [3.63, 3.8) is 0 Å². The number of thiocarbonyl (C=S) groups is 1. The number of amides is 1. The number of sulfonamides is 1. The summed E-state index contributed by atoms with van der Waals surface area (Å²) in [4.78, 5) is 12.5. The number of hydrogen-bond donors (Lipinski definition) is 3. The molecule has 0 atom stereocenters. The maximum Gasteiger partial charge on any atom is 0.257 e. The quantitative estimate of drug-likeness (QED) is 0.543. The summed E-state index contributed by atoms with van der Waals surface area (Å²) in [7, 11) is -3.56. The highest BCUT2D eigenvalue weighted by atomic mass is 32.2. The Balaban J connectivity index is 1.55. The smallest absolute Gasteiger partial charge is 0.257 e. The molecule has 1 amide bonds. The van der Waals surface area contributed by atoms with Gasteiger partial charge in [-0.1, -0.05) is 19.3 Å². The molecule has 0 bridgehead atoms. The van der Waals surface area contributed by atoms with Crippen molar-refractivity contribution in [3.05, 3.63) is 54.1 Å². The highest BCUT2D eigenvalue weighted by molar-refractivity contribution is 7.89. The second-order valence-electron chi connectivity index (χ2n) is 7.35. The summed E-state index contributed by atoms with van der Waals surface area (Å²) < 4.78 is 33.3. The van der Waals surface area contributed by atoms with Crippen molar-refractivity contribution in [2.24, 2.45) is 0 Å². The van der Waals surface area contributed by atoms with Gasteiger partial charge in [0, 0.05) is 17.3 Å². The number of ether oxygens (including phenoxy) is 1. The Kier molecular flexibility index (Phi) is 8.00. The van der Waals surface area contributed by atoms with E-state index < -0.39 is 10.0 Å². The van der Waals surface area contributed by atoms with E-state index in [-0.39, 0.29) is 22.0 Å². The molecule has 1 saturated carbocycles. The predicted molar refractivity (Wildman–Crippen MR) is 125 cm³/mol. The van der Waals surface area contributed by atoms with Crippen molar-refractivity contribution in [1.82, 2.24) is 10.0 Å².